The summed E-state index contributed by atoms with van der Waals surface area (Å²) in [6.07, 6.45) is 9.25. The van der Waals surface area contributed by atoms with Gasteiger partial charge < -0.3 is 9.67 Å². The van der Waals surface area contributed by atoms with Crippen LogP contribution >= 0.6 is 12.4 Å². The normalized spacial score (nSPS) is 8.75. The van der Waals surface area contributed by atoms with Crippen LogP contribution < -0.4 is 0 Å². The Bertz CT molecular complexity index is 352. The van der Waals surface area contributed by atoms with Crippen LogP contribution in [0.3, 0.4) is 0 Å². The molecule has 0 saturated heterocycles. The van der Waals surface area contributed by atoms with E-state index in [2.05, 4.69) is 16.8 Å². The predicted octanol–water partition coefficient (Wildman–Crippen LogP) is 1.95. The molecule has 0 aliphatic carbocycles. The fourth-order valence-electron chi connectivity index (χ4n) is 1.24. The monoisotopic (exact) mass is 242 g/mol. The second kappa shape index (κ2) is 8.81. The zero-order chi connectivity index (χ0) is 10.9. The van der Waals surface area contributed by atoms with Gasteiger partial charge in [0.05, 0.1) is 6.33 Å². The number of carbonyl (C=O) groups is 1. The van der Waals surface area contributed by atoms with Crippen molar-refractivity contribution in [1.29, 1.82) is 0 Å². The van der Waals surface area contributed by atoms with Crippen LogP contribution in [0, 0.1) is 11.8 Å². The number of hydrogen-bond acceptors (Lipinski definition) is 2. The molecule has 16 heavy (non-hydrogen) atoms. The van der Waals surface area contributed by atoms with Crippen molar-refractivity contribution < 1.29 is 9.90 Å². The van der Waals surface area contributed by atoms with Crippen LogP contribution in [-0.2, 0) is 11.3 Å². The number of halogens is 1. The quantitative estimate of drug-likeness (QED) is 0.634. The van der Waals surface area contributed by atoms with Crippen LogP contribution in [0.15, 0.2) is 18.7 Å². The molecule has 0 unspecified atom stereocenters. The Morgan fingerprint density at radius 1 is 1.38 bits per heavy atom. The summed E-state index contributed by atoms with van der Waals surface area (Å²) in [5.74, 6) is 3.66. The highest BCUT2D eigenvalue weighted by atomic mass is 35.5. The number of aromatic nitrogens is 2. The fourth-order valence-corrected chi connectivity index (χ4v) is 1.24. The Kier molecular flexibility index (Phi) is 8.00. The molecule has 0 bridgehead atoms. The van der Waals surface area contributed by atoms with E-state index in [1.165, 1.54) is 0 Å². The zero-order valence-corrected chi connectivity index (χ0v) is 9.74. The molecular weight excluding hydrogens is 228 g/mol. The van der Waals surface area contributed by atoms with E-state index in [1.54, 1.807) is 12.5 Å². The Balaban J connectivity index is 0.00000225. The molecule has 0 aliphatic heterocycles. The molecule has 0 aliphatic rings. The molecular formula is C11H15ClN2O2. The van der Waals surface area contributed by atoms with Crippen LogP contribution in [0.2, 0.25) is 0 Å². The van der Waals surface area contributed by atoms with Gasteiger partial charge in [-0.3, -0.25) is 0 Å². The minimum absolute atomic E-state index is 0. The second-order valence-corrected chi connectivity index (χ2v) is 3.22. The minimum Gasteiger partial charge on any atom is -0.472 e. The largest absolute Gasteiger partial charge is 0.472 e. The summed E-state index contributed by atoms with van der Waals surface area (Å²) in [5.41, 5.74) is 0. The number of carboxylic acid groups (broad SMARTS) is 1. The lowest BCUT2D eigenvalue weighted by Gasteiger charge is -1.99. The topological polar surface area (TPSA) is 55.1 Å². The molecule has 0 atom stereocenters. The first-order valence-electron chi connectivity index (χ1n) is 4.96. The van der Waals surface area contributed by atoms with E-state index in [-0.39, 0.29) is 12.4 Å². The third-order valence-corrected chi connectivity index (χ3v) is 1.97. The van der Waals surface area contributed by atoms with Gasteiger partial charge in [-0.15, -0.1) is 12.4 Å². The standard InChI is InChI=1S/C11H14N2O2.ClH/c14-11(15)6-4-2-1-3-5-8-13-9-7-12-10-13;/h7,9-10H,1-3,5,8H2,(H,14,15);1H. The average molecular weight is 243 g/mol. The van der Waals surface area contributed by atoms with E-state index < -0.39 is 5.97 Å². The smallest absolute Gasteiger partial charge is 0.381 e. The molecule has 0 radical (unpaired) electrons. The van der Waals surface area contributed by atoms with E-state index >= 15 is 0 Å². The number of nitrogens with zero attached hydrogens (tertiary/aromatic N) is 2. The molecule has 0 spiro atoms. The molecule has 88 valence electrons. The number of unbranched alkanes of at least 4 members (excludes halogenated alkanes) is 3. The zero-order valence-electron chi connectivity index (χ0n) is 8.93. The number of rotatable bonds is 5. The molecule has 0 fully saturated rings. The van der Waals surface area contributed by atoms with Gasteiger partial charge in [-0.2, -0.15) is 0 Å². The number of aryl methyl sites for hydroxylation is 1. The number of hydrogen-bond donors (Lipinski definition) is 1. The summed E-state index contributed by atoms with van der Waals surface area (Å²) in [6, 6.07) is 0. The molecule has 1 aromatic heterocycles. The van der Waals surface area contributed by atoms with Gasteiger partial charge in [0.25, 0.3) is 0 Å². The van der Waals surface area contributed by atoms with Gasteiger partial charge in [0, 0.05) is 31.3 Å². The number of imidazole rings is 1. The fraction of sp³-hybridized carbons (Fsp3) is 0.455. The molecule has 0 saturated carbocycles. The highest BCUT2D eigenvalue weighted by Crippen LogP contribution is 2.01. The van der Waals surface area contributed by atoms with Crippen molar-refractivity contribution in [2.75, 3.05) is 0 Å². The van der Waals surface area contributed by atoms with Crippen LogP contribution in [0.5, 0.6) is 0 Å². The van der Waals surface area contributed by atoms with Gasteiger partial charge in [-0.1, -0.05) is 12.3 Å². The first kappa shape index (κ1) is 14.5. The Morgan fingerprint density at radius 2 is 2.19 bits per heavy atom. The third kappa shape index (κ3) is 6.91. The Morgan fingerprint density at radius 3 is 2.81 bits per heavy atom. The molecule has 1 N–H and O–H groups in total. The van der Waals surface area contributed by atoms with E-state index in [4.69, 9.17) is 5.11 Å². The number of carboxylic acids is 1. The van der Waals surface area contributed by atoms with Gasteiger partial charge in [0.2, 0.25) is 0 Å². The maximum absolute atomic E-state index is 10.1. The van der Waals surface area contributed by atoms with Crippen molar-refractivity contribution in [3.05, 3.63) is 18.7 Å². The van der Waals surface area contributed by atoms with E-state index in [9.17, 15) is 4.79 Å². The summed E-state index contributed by atoms with van der Waals surface area (Å²) in [7, 11) is 0. The first-order valence-corrected chi connectivity index (χ1v) is 4.96. The second-order valence-electron chi connectivity index (χ2n) is 3.22. The molecule has 1 aromatic rings. The van der Waals surface area contributed by atoms with Crippen molar-refractivity contribution in [2.45, 2.75) is 32.2 Å². The SMILES string of the molecule is Cl.O=C(O)C#CCCCCCn1ccnc1. The van der Waals surface area contributed by atoms with Crippen LogP contribution in [0.25, 0.3) is 0 Å². The maximum atomic E-state index is 10.1. The van der Waals surface area contributed by atoms with Crippen molar-refractivity contribution in [3.63, 3.8) is 0 Å². The van der Waals surface area contributed by atoms with Crippen molar-refractivity contribution >= 4 is 18.4 Å². The maximum Gasteiger partial charge on any atom is 0.381 e. The van der Waals surface area contributed by atoms with Crippen molar-refractivity contribution in [2.24, 2.45) is 0 Å². The van der Waals surface area contributed by atoms with E-state index in [1.807, 2.05) is 10.8 Å². The van der Waals surface area contributed by atoms with Crippen LogP contribution in [0.1, 0.15) is 25.7 Å². The van der Waals surface area contributed by atoms with Gasteiger partial charge >= 0.3 is 5.97 Å². The first-order chi connectivity index (χ1) is 7.29. The number of aliphatic carboxylic acids is 1. The van der Waals surface area contributed by atoms with Gasteiger partial charge in [-0.05, 0) is 12.8 Å². The summed E-state index contributed by atoms with van der Waals surface area (Å²) in [4.78, 5) is 14.0. The minimum atomic E-state index is -1.05. The lowest BCUT2D eigenvalue weighted by atomic mass is 10.2. The van der Waals surface area contributed by atoms with Crippen LogP contribution in [-0.4, -0.2) is 20.6 Å². The lowest BCUT2D eigenvalue weighted by molar-refractivity contribution is -0.130. The summed E-state index contributed by atoms with van der Waals surface area (Å²) < 4.78 is 2.03. The van der Waals surface area contributed by atoms with Gasteiger partial charge in [0.15, 0.2) is 0 Å². The molecule has 4 nitrogen and oxygen atoms in total. The highest BCUT2D eigenvalue weighted by Gasteiger charge is 1.90. The summed E-state index contributed by atoms with van der Waals surface area (Å²) >= 11 is 0. The van der Waals surface area contributed by atoms with E-state index in [0.717, 1.165) is 25.8 Å². The summed E-state index contributed by atoms with van der Waals surface area (Å²) in [6.45, 7) is 0.965. The average Bonchev–Trinajstić information content (AvgIpc) is 2.68. The molecule has 0 amide bonds. The summed E-state index contributed by atoms with van der Waals surface area (Å²) in [5, 5.41) is 8.26. The Hall–Kier alpha value is -1.47. The predicted molar refractivity (Wildman–Crippen MR) is 63.4 cm³/mol. The van der Waals surface area contributed by atoms with Gasteiger partial charge in [-0.25, -0.2) is 9.78 Å². The molecule has 5 heteroatoms. The van der Waals surface area contributed by atoms with E-state index in [0.29, 0.717) is 6.42 Å². The highest BCUT2D eigenvalue weighted by molar-refractivity contribution is 5.86. The molecule has 0 aromatic carbocycles. The molecule has 1 heterocycles. The van der Waals surface area contributed by atoms with Crippen molar-refractivity contribution in [1.82, 2.24) is 9.55 Å². The lowest BCUT2D eigenvalue weighted by Crippen LogP contribution is -1.93. The van der Waals surface area contributed by atoms with Crippen molar-refractivity contribution in [3.8, 4) is 11.8 Å². The third-order valence-electron chi connectivity index (χ3n) is 1.97. The van der Waals surface area contributed by atoms with Crippen LogP contribution in [0.4, 0.5) is 0 Å². The van der Waals surface area contributed by atoms with Gasteiger partial charge in [0.1, 0.15) is 0 Å². The molecule has 1 rings (SSSR count). The Labute approximate surface area is 101 Å².